The Morgan fingerprint density at radius 3 is 2.33 bits per heavy atom. The molecule has 0 heterocycles. The highest BCUT2D eigenvalue weighted by atomic mass is 32.2. The summed E-state index contributed by atoms with van der Waals surface area (Å²) in [5, 5.41) is 21.4. The second kappa shape index (κ2) is 8.57. The third-order valence-corrected chi connectivity index (χ3v) is 6.65. The first-order valence-corrected chi connectivity index (χ1v) is 10.4. The van der Waals surface area contributed by atoms with Gasteiger partial charge in [-0.3, -0.25) is 20.1 Å². The molecule has 0 saturated carbocycles. The van der Waals surface area contributed by atoms with Crippen molar-refractivity contribution in [1.82, 2.24) is 9.79 Å². The van der Waals surface area contributed by atoms with Crippen molar-refractivity contribution in [2.45, 2.75) is 24.4 Å². The van der Waals surface area contributed by atoms with Gasteiger partial charge in [-0.15, -0.1) is 0 Å². The molecule has 1 unspecified atom stereocenters. The van der Waals surface area contributed by atoms with Crippen LogP contribution in [0, 0.1) is 10.1 Å². The Bertz CT molecular complexity index is 1190. The SMILES string of the molecule is CC(C(=O)NO)N(Cc1ccc([N+](=O)[O-])cc1)S(=O)(=O)c1ccc2ccccc2c1. The minimum absolute atomic E-state index is 0.0132. The molecular formula is C20H19N3O6S. The average molecular weight is 429 g/mol. The minimum atomic E-state index is -4.14. The quantitative estimate of drug-likeness (QED) is 0.337. The van der Waals surface area contributed by atoms with E-state index < -0.39 is 26.9 Å². The number of hydrogen-bond donors (Lipinski definition) is 2. The van der Waals surface area contributed by atoms with Gasteiger partial charge in [0.05, 0.1) is 9.82 Å². The molecule has 0 fully saturated rings. The minimum Gasteiger partial charge on any atom is -0.289 e. The number of nitro benzene ring substituents is 1. The summed E-state index contributed by atoms with van der Waals surface area (Å²) in [6.07, 6.45) is 0. The van der Waals surface area contributed by atoms with E-state index in [1.54, 1.807) is 18.2 Å². The molecule has 10 heteroatoms. The van der Waals surface area contributed by atoms with E-state index in [0.29, 0.717) is 10.9 Å². The summed E-state index contributed by atoms with van der Waals surface area (Å²) in [6, 6.07) is 16.0. The number of fused-ring (bicyclic) bond motifs is 1. The van der Waals surface area contributed by atoms with Gasteiger partial charge in [-0.05, 0) is 35.4 Å². The van der Waals surface area contributed by atoms with Crippen molar-refractivity contribution in [2.24, 2.45) is 0 Å². The van der Waals surface area contributed by atoms with Crippen molar-refractivity contribution in [1.29, 1.82) is 0 Å². The number of benzene rings is 3. The molecule has 0 saturated heterocycles. The Balaban J connectivity index is 2.03. The highest BCUT2D eigenvalue weighted by Crippen LogP contribution is 2.25. The smallest absolute Gasteiger partial charge is 0.269 e. The summed E-state index contributed by atoms with van der Waals surface area (Å²) in [5.74, 6) is -0.902. The molecule has 30 heavy (non-hydrogen) atoms. The highest BCUT2D eigenvalue weighted by Gasteiger charge is 2.33. The van der Waals surface area contributed by atoms with Crippen LogP contribution in [0.15, 0.2) is 71.6 Å². The predicted molar refractivity (Wildman–Crippen MR) is 109 cm³/mol. The number of carbonyl (C=O) groups excluding carboxylic acids is 1. The topological polar surface area (TPSA) is 130 Å². The summed E-state index contributed by atoms with van der Waals surface area (Å²) in [7, 11) is -4.14. The van der Waals surface area contributed by atoms with Gasteiger partial charge in [0.1, 0.15) is 6.04 Å². The number of hydrogen-bond acceptors (Lipinski definition) is 6. The fourth-order valence-corrected chi connectivity index (χ4v) is 4.64. The van der Waals surface area contributed by atoms with Crippen molar-refractivity contribution < 1.29 is 23.3 Å². The van der Waals surface area contributed by atoms with Crippen molar-refractivity contribution in [3.05, 3.63) is 82.4 Å². The maximum Gasteiger partial charge on any atom is 0.269 e. The first-order valence-electron chi connectivity index (χ1n) is 8.92. The van der Waals surface area contributed by atoms with Crippen LogP contribution in [0.25, 0.3) is 10.8 Å². The van der Waals surface area contributed by atoms with Crippen LogP contribution >= 0.6 is 0 Å². The lowest BCUT2D eigenvalue weighted by Gasteiger charge is -2.27. The fourth-order valence-electron chi connectivity index (χ4n) is 3.02. The van der Waals surface area contributed by atoms with Crippen molar-refractivity contribution in [3.63, 3.8) is 0 Å². The third-order valence-electron chi connectivity index (χ3n) is 4.73. The van der Waals surface area contributed by atoms with Crippen LogP contribution in [-0.2, 0) is 21.4 Å². The molecule has 3 aromatic rings. The van der Waals surface area contributed by atoms with Gasteiger partial charge in [-0.25, -0.2) is 13.9 Å². The molecule has 2 N–H and O–H groups in total. The molecule has 0 aliphatic carbocycles. The van der Waals surface area contributed by atoms with Gasteiger partial charge in [0.15, 0.2) is 0 Å². The summed E-state index contributed by atoms with van der Waals surface area (Å²) in [5.41, 5.74) is 1.79. The van der Waals surface area contributed by atoms with Gasteiger partial charge >= 0.3 is 0 Å². The van der Waals surface area contributed by atoms with Crippen molar-refractivity contribution in [2.75, 3.05) is 0 Å². The highest BCUT2D eigenvalue weighted by molar-refractivity contribution is 7.89. The second-order valence-electron chi connectivity index (χ2n) is 6.63. The number of carbonyl (C=O) groups is 1. The Labute approximate surface area is 172 Å². The van der Waals surface area contributed by atoms with Gasteiger partial charge < -0.3 is 0 Å². The predicted octanol–water partition coefficient (Wildman–Crippen LogP) is 2.83. The van der Waals surface area contributed by atoms with Gasteiger partial charge in [0.2, 0.25) is 10.0 Å². The van der Waals surface area contributed by atoms with E-state index in [9.17, 15) is 23.3 Å². The lowest BCUT2D eigenvalue weighted by molar-refractivity contribution is -0.384. The monoisotopic (exact) mass is 429 g/mol. The number of sulfonamides is 1. The van der Waals surface area contributed by atoms with Crippen LogP contribution in [0.4, 0.5) is 5.69 Å². The molecule has 3 rings (SSSR count). The van der Waals surface area contributed by atoms with Gasteiger partial charge in [-0.1, -0.05) is 42.5 Å². The van der Waals surface area contributed by atoms with E-state index >= 15 is 0 Å². The number of nitro groups is 1. The Hall–Kier alpha value is -3.34. The number of nitrogens with one attached hydrogen (secondary N) is 1. The van der Waals surface area contributed by atoms with Gasteiger partial charge in [-0.2, -0.15) is 4.31 Å². The molecule has 0 aliphatic rings. The molecule has 0 spiro atoms. The molecule has 156 valence electrons. The van der Waals surface area contributed by atoms with Crippen molar-refractivity contribution in [3.8, 4) is 0 Å². The average Bonchev–Trinajstić information content (AvgIpc) is 2.76. The summed E-state index contributed by atoms with van der Waals surface area (Å²) in [6.45, 7) is 1.12. The Kier molecular flexibility index (Phi) is 6.11. The number of nitrogens with zero attached hydrogens (tertiary/aromatic N) is 2. The Morgan fingerprint density at radius 2 is 1.73 bits per heavy atom. The Morgan fingerprint density at radius 1 is 1.10 bits per heavy atom. The van der Waals surface area contributed by atoms with Crippen molar-refractivity contribution >= 4 is 32.4 Å². The van der Waals surface area contributed by atoms with E-state index in [0.717, 1.165) is 9.69 Å². The second-order valence-corrected chi connectivity index (χ2v) is 8.53. The number of rotatable bonds is 7. The molecular weight excluding hydrogens is 410 g/mol. The standard InChI is InChI=1S/C20H19N3O6S/c1-14(20(24)21-25)22(13-15-6-9-18(10-7-15)23(26)27)30(28,29)19-11-8-16-4-2-3-5-17(16)12-19/h2-12,14,25H,13H2,1H3,(H,21,24). The lowest BCUT2D eigenvalue weighted by Crippen LogP contribution is -2.46. The summed E-state index contributed by atoms with van der Waals surface area (Å²) in [4.78, 5) is 22.3. The van der Waals surface area contributed by atoms with Gasteiger partial charge in [0, 0.05) is 18.7 Å². The third kappa shape index (κ3) is 4.30. The van der Waals surface area contributed by atoms with Crippen LogP contribution in [0.3, 0.4) is 0 Å². The molecule has 0 radical (unpaired) electrons. The number of non-ortho nitro benzene ring substituents is 1. The van der Waals surface area contributed by atoms with E-state index in [2.05, 4.69) is 0 Å². The largest absolute Gasteiger partial charge is 0.289 e. The normalized spacial score (nSPS) is 12.6. The maximum atomic E-state index is 13.4. The van der Waals surface area contributed by atoms with Gasteiger partial charge in [0.25, 0.3) is 11.6 Å². The van der Waals surface area contributed by atoms with E-state index in [1.807, 2.05) is 12.1 Å². The zero-order valence-corrected chi connectivity index (χ0v) is 16.7. The summed E-state index contributed by atoms with van der Waals surface area (Å²) < 4.78 is 27.7. The molecule has 1 amide bonds. The van der Waals surface area contributed by atoms with E-state index in [4.69, 9.17) is 5.21 Å². The van der Waals surface area contributed by atoms with E-state index in [-0.39, 0.29) is 17.1 Å². The molecule has 0 bridgehead atoms. The molecule has 9 nitrogen and oxygen atoms in total. The fraction of sp³-hybridized carbons (Fsp3) is 0.150. The molecule has 0 aromatic heterocycles. The van der Waals surface area contributed by atoms with Crippen LogP contribution in [0.5, 0.6) is 0 Å². The van der Waals surface area contributed by atoms with Crippen LogP contribution in [0.2, 0.25) is 0 Å². The number of amides is 1. The lowest BCUT2D eigenvalue weighted by atomic mass is 10.1. The van der Waals surface area contributed by atoms with Crippen LogP contribution in [-0.4, -0.2) is 34.8 Å². The number of hydroxylamine groups is 1. The van der Waals surface area contributed by atoms with Crippen LogP contribution in [0.1, 0.15) is 12.5 Å². The summed E-state index contributed by atoms with van der Waals surface area (Å²) >= 11 is 0. The molecule has 0 aliphatic heterocycles. The zero-order chi connectivity index (χ0) is 21.9. The molecule has 3 aromatic carbocycles. The van der Waals surface area contributed by atoms with E-state index in [1.165, 1.54) is 48.8 Å². The molecule has 1 atom stereocenters. The maximum absolute atomic E-state index is 13.4. The van der Waals surface area contributed by atoms with Crippen LogP contribution < -0.4 is 5.48 Å². The zero-order valence-electron chi connectivity index (χ0n) is 15.9. The first-order chi connectivity index (χ1) is 14.2. The first kappa shape index (κ1) is 21.4.